The van der Waals surface area contributed by atoms with Crippen molar-refractivity contribution < 1.29 is 23.6 Å². The molecule has 0 aliphatic carbocycles. The third kappa shape index (κ3) is 4.49. The van der Waals surface area contributed by atoms with Gasteiger partial charge in [-0.2, -0.15) is 0 Å². The highest BCUT2D eigenvalue weighted by molar-refractivity contribution is 5.81. The van der Waals surface area contributed by atoms with Gasteiger partial charge < -0.3 is 13.9 Å². The molecule has 8 nitrogen and oxygen atoms in total. The second-order valence-electron chi connectivity index (χ2n) is 5.78. The van der Waals surface area contributed by atoms with E-state index in [4.69, 9.17) is 13.9 Å². The van der Waals surface area contributed by atoms with Gasteiger partial charge in [0.05, 0.1) is 4.92 Å². The summed E-state index contributed by atoms with van der Waals surface area (Å²) in [5.74, 6) is -0.282. The molecule has 2 aromatic carbocycles. The van der Waals surface area contributed by atoms with Crippen LogP contribution in [-0.2, 0) is 16.1 Å². The molecule has 138 valence electrons. The van der Waals surface area contributed by atoms with Gasteiger partial charge in [-0.1, -0.05) is 12.1 Å². The van der Waals surface area contributed by atoms with E-state index >= 15 is 0 Å². The van der Waals surface area contributed by atoms with Crippen LogP contribution in [0.3, 0.4) is 0 Å². The van der Waals surface area contributed by atoms with Crippen LogP contribution in [0.2, 0.25) is 0 Å². The average molecular weight is 369 g/mol. The summed E-state index contributed by atoms with van der Waals surface area (Å²) in [5.41, 5.74) is 1.10. The van der Waals surface area contributed by atoms with E-state index in [0.717, 1.165) is 10.9 Å². The van der Waals surface area contributed by atoms with Crippen molar-refractivity contribution in [1.82, 2.24) is 0 Å². The fourth-order valence-corrected chi connectivity index (χ4v) is 2.50. The number of fused-ring (bicyclic) bond motifs is 1. The standard InChI is InChI=1S/C19H15NO7/c1-12-7-18(21)27-17-9-15(5-6-16(12)17)25-11-19(22)26-10-13-3-2-4-14(8-13)20(23)24/h2-9H,10-11H2,1H3. The molecule has 0 atom stereocenters. The lowest BCUT2D eigenvalue weighted by atomic mass is 10.1. The molecule has 1 aromatic heterocycles. The number of rotatable bonds is 6. The van der Waals surface area contributed by atoms with E-state index < -0.39 is 16.5 Å². The summed E-state index contributed by atoms with van der Waals surface area (Å²) in [7, 11) is 0. The molecule has 0 unspecified atom stereocenters. The number of non-ortho nitro benzene ring substituents is 1. The number of ether oxygens (including phenoxy) is 2. The van der Waals surface area contributed by atoms with Crippen molar-refractivity contribution in [2.75, 3.05) is 6.61 Å². The first-order valence-electron chi connectivity index (χ1n) is 7.98. The summed E-state index contributed by atoms with van der Waals surface area (Å²) in [4.78, 5) is 33.5. The van der Waals surface area contributed by atoms with Crippen molar-refractivity contribution in [1.29, 1.82) is 0 Å². The monoisotopic (exact) mass is 369 g/mol. The van der Waals surface area contributed by atoms with Crippen molar-refractivity contribution in [2.24, 2.45) is 0 Å². The Bertz CT molecular complexity index is 1070. The quantitative estimate of drug-likeness (QED) is 0.284. The Morgan fingerprint density at radius 2 is 2.00 bits per heavy atom. The number of esters is 1. The molecule has 0 saturated heterocycles. The van der Waals surface area contributed by atoms with Gasteiger partial charge >= 0.3 is 11.6 Å². The molecule has 0 fully saturated rings. The van der Waals surface area contributed by atoms with Crippen LogP contribution in [0.15, 0.2) is 57.7 Å². The minimum Gasteiger partial charge on any atom is -0.482 e. The van der Waals surface area contributed by atoms with E-state index in [-0.39, 0.29) is 18.9 Å². The molecule has 0 bridgehead atoms. The molecule has 3 aromatic rings. The summed E-state index contributed by atoms with van der Waals surface area (Å²) < 4.78 is 15.5. The molecular weight excluding hydrogens is 354 g/mol. The van der Waals surface area contributed by atoms with Crippen LogP contribution in [0.5, 0.6) is 5.75 Å². The maximum atomic E-state index is 11.8. The van der Waals surface area contributed by atoms with Crippen LogP contribution < -0.4 is 10.4 Å². The molecule has 8 heteroatoms. The van der Waals surface area contributed by atoms with Gasteiger partial charge in [-0.3, -0.25) is 10.1 Å². The van der Waals surface area contributed by atoms with Gasteiger partial charge in [-0.05, 0) is 30.2 Å². The maximum Gasteiger partial charge on any atom is 0.344 e. The largest absolute Gasteiger partial charge is 0.482 e. The van der Waals surface area contributed by atoms with Gasteiger partial charge in [0.15, 0.2) is 6.61 Å². The van der Waals surface area contributed by atoms with Gasteiger partial charge in [-0.25, -0.2) is 9.59 Å². The van der Waals surface area contributed by atoms with Gasteiger partial charge in [0, 0.05) is 29.7 Å². The number of benzene rings is 2. The molecule has 3 rings (SSSR count). The highest BCUT2D eigenvalue weighted by Gasteiger charge is 2.10. The number of carbonyl (C=O) groups excluding carboxylic acids is 1. The average Bonchev–Trinajstić information content (AvgIpc) is 2.64. The number of carbonyl (C=O) groups is 1. The third-order valence-electron chi connectivity index (χ3n) is 3.80. The number of hydrogen-bond donors (Lipinski definition) is 0. The van der Waals surface area contributed by atoms with Crippen LogP contribution >= 0.6 is 0 Å². The fraction of sp³-hybridized carbons (Fsp3) is 0.158. The van der Waals surface area contributed by atoms with Crippen LogP contribution in [0, 0.1) is 17.0 Å². The van der Waals surface area contributed by atoms with Crippen molar-refractivity contribution in [3.63, 3.8) is 0 Å². The molecule has 0 amide bonds. The number of nitrogens with zero attached hydrogens (tertiary/aromatic N) is 1. The molecule has 0 N–H and O–H groups in total. The Balaban J connectivity index is 1.59. The van der Waals surface area contributed by atoms with Crippen molar-refractivity contribution in [3.8, 4) is 5.75 Å². The lowest BCUT2D eigenvalue weighted by Crippen LogP contribution is -2.14. The molecule has 0 saturated carbocycles. The zero-order valence-corrected chi connectivity index (χ0v) is 14.3. The molecule has 0 spiro atoms. The van der Waals surface area contributed by atoms with Crippen molar-refractivity contribution >= 4 is 22.6 Å². The number of nitro benzene ring substituents is 1. The first-order valence-corrected chi connectivity index (χ1v) is 7.98. The van der Waals surface area contributed by atoms with Crippen LogP contribution in [0.1, 0.15) is 11.1 Å². The molecule has 1 heterocycles. The first-order chi connectivity index (χ1) is 12.9. The predicted molar refractivity (Wildman–Crippen MR) is 95.6 cm³/mol. The van der Waals surface area contributed by atoms with E-state index in [0.29, 0.717) is 16.9 Å². The van der Waals surface area contributed by atoms with E-state index in [9.17, 15) is 19.7 Å². The lowest BCUT2D eigenvalue weighted by molar-refractivity contribution is -0.384. The zero-order chi connectivity index (χ0) is 19.4. The predicted octanol–water partition coefficient (Wildman–Crippen LogP) is 3.13. The summed E-state index contributed by atoms with van der Waals surface area (Å²) in [6, 6.07) is 12.1. The van der Waals surface area contributed by atoms with Gasteiger partial charge in [0.25, 0.3) is 5.69 Å². The normalized spacial score (nSPS) is 10.6. The Morgan fingerprint density at radius 1 is 1.19 bits per heavy atom. The molecule has 0 radical (unpaired) electrons. The SMILES string of the molecule is Cc1cc(=O)oc2cc(OCC(=O)OCc3cccc([N+](=O)[O-])c3)ccc12. The van der Waals surface area contributed by atoms with Crippen LogP contribution in [0.25, 0.3) is 11.0 Å². The topological polar surface area (TPSA) is 109 Å². The van der Waals surface area contributed by atoms with E-state index in [1.165, 1.54) is 30.3 Å². The smallest absolute Gasteiger partial charge is 0.344 e. The van der Waals surface area contributed by atoms with E-state index in [2.05, 4.69) is 0 Å². The van der Waals surface area contributed by atoms with E-state index in [1.54, 1.807) is 25.1 Å². The van der Waals surface area contributed by atoms with Gasteiger partial charge in [-0.15, -0.1) is 0 Å². The summed E-state index contributed by atoms with van der Waals surface area (Å²) >= 11 is 0. The Morgan fingerprint density at radius 3 is 2.78 bits per heavy atom. The van der Waals surface area contributed by atoms with Crippen molar-refractivity contribution in [3.05, 3.63) is 80.2 Å². The highest BCUT2D eigenvalue weighted by Crippen LogP contribution is 2.22. The Labute approximate surface area is 153 Å². The van der Waals surface area contributed by atoms with Crippen molar-refractivity contribution in [2.45, 2.75) is 13.5 Å². The highest BCUT2D eigenvalue weighted by atomic mass is 16.6. The molecule has 27 heavy (non-hydrogen) atoms. The summed E-state index contributed by atoms with van der Waals surface area (Å²) in [6.07, 6.45) is 0. The maximum absolute atomic E-state index is 11.8. The zero-order valence-electron chi connectivity index (χ0n) is 14.3. The van der Waals surface area contributed by atoms with Gasteiger partial charge in [0.1, 0.15) is 17.9 Å². The minimum absolute atomic E-state index is 0.0762. The van der Waals surface area contributed by atoms with Crippen LogP contribution in [-0.4, -0.2) is 17.5 Å². The minimum atomic E-state index is -0.632. The second-order valence-corrected chi connectivity index (χ2v) is 5.78. The summed E-state index contributed by atoms with van der Waals surface area (Å²) in [5, 5.41) is 11.5. The fourth-order valence-electron chi connectivity index (χ4n) is 2.50. The Kier molecular flexibility index (Phi) is 5.16. The molecule has 0 aliphatic rings. The first kappa shape index (κ1) is 18.1. The molecule has 0 aliphatic heterocycles. The third-order valence-corrected chi connectivity index (χ3v) is 3.80. The number of aryl methyl sites for hydroxylation is 1. The Hall–Kier alpha value is -3.68. The summed E-state index contributed by atoms with van der Waals surface area (Å²) in [6.45, 7) is 1.34. The lowest BCUT2D eigenvalue weighted by Gasteiger charge is -2.08. The van der Waals surface area contributed by atoms with Gasteiger partial charge in [0.2, 0.25) is 0 Å². The second kappa shape index (κ2) is 7.69. The number of hydrogen-bond acceptors (Lipinski definition) is 7. The molecular formula is C19H15NO7. The number of nitro groups is 1. The van der Waals surface area contributed by atoms with E-state index in [1.807, 2.05) is 0 Å². The van der Waals surface area contributed by atoms with Crippen LogP contribution in [0.4, 0.5) is 5.69 Å².